The van der Waals surface area contributed by atoms with Crippen LogP contribution in [-0.2, 0) is 11.3 Å². The number of hydrogen-bond donors (Lipinski definition) is 0. The number of methoxy groups -OCH3 is 1. The third-order valence-corrected chi connectivity index (χ3v) is 4.93. The first-order chi connectivity index (χ1) is 12.0. The van der Waals surface area contributed by atoms with E-state index in [4.69, 9.17) is 4.74 Å². The number of imide groups is 1. The van der Waals surface area contributed by atoms with E-state index in [1.54, 1.807) is 13.2 Å². The second kappa shape index (κ2) is 7.15. The first kappa shape index (κ1) is 17.3. The molecule has 128 valence electrons. The van der Waals surface area contributed by atoms with Gasteiger partial charge in [-0.25, -0.2) is 0 Å². The first-order valence-electron chi connectivity index (χ1n) is 7.93. The van der Waals surface area contributed by atoms with Gasteiger partial charge in [-0.05, 0) is 54.4 Å². The van der Waals surface area contributed by atoms with Crippen LogP contribution in [0.15, 0.2) is 47.4 Å². The Morgan fingerprint density at radius 3 is 2.64 bits per heavy atom. The Hall–Kier alpha value is -2.53. The molecule has 5 heteroatoms. The van der Waals surface area contributed by atoms with E-state index < -0.39 is 0 Å². The summed E-state index contributed by atoms with van der Waals surface area (Å²) in [5.41, 5.74) is 3.91. The average molecular weight is 353 g/mol. The second-order valence-electron chi connectivity index (χ2n) is 5.99. The molecule has 2 amide bonds. The second-order valence-corrected chi connectivity index (χ2v) is 6.98. The zero-order valence-electron chi connectivity index (χ0n) is 14.4. The van der Waals surface area contributed by atoms with E-state index in [9.17, 15) is 9.59 Å². The third-order valence-electron chi connectivity index (χ3n) is 4.03. The molecule has 0 aromatic heterocycles. The topological polar surface area (TPSA) is 46.6 Å². The smallest absolute Gasteiger partial charge is 0.293 e. The first-order valence-corrected chi connectivity index (χ1v) is 8.75. The van der Waals surface area contributed by atoms with Crippen LogP contribution in [0.25, 0.3) is 6.08 Å². The minimum absolute atomic E-state index is 0.239. The molecule has 25 heavy (non-hydrogen) atoms. The Labute approximate surface area is 151 Å². The normalized spacial score (nSPS) is 16.0. The van der Waals surface area contributed by atoms with E-state index in [1.807, 2.05) is 56.3 Å². The number of aryl methyl sites for hydroxylation is 2. The fourth-order valence-corrected chi connectivity index (χ4v) is 3.55. The Morgan fingerprint density at radius 2 is 1.92 bits per heavy atom. The van der Waals surface area contributed by atoms with Gasteiger partial charge in [-0.3, -0.25) is 14.5 Å². The zero-order chi connectivity index (χ0) is 18.0. The Bertz CT molecular complexity index is 873. The van der Waals surface area contributed by atoms with Crippen molar-refractivity contribution in [1.82, 2.24) is 4.90 Å². The summed E-state index contributed by atoms with van der Waals surface area (Å²) in [7, 11) is 1.61. The van der Waals surface area contributed by atoms with Gasteiger partial charge < -0.3 is 4.74 Å². The van der Waals surface area contributed by atoms with Gasteiger partial charge in [0.05, 0.1) is 18.6 Å². The predicted molar refractivity (Wildman–Crippen MR) is 100 cm³/mol. The summed E-state index contributed by atoms with van der Waals surface area (Å²) in [6.07, 6.45) is 1.74. The van der Waals surface area contributed by atoms with Gasteiger partial charge in [0.25, 0.3) is 11.1 Å². The summed E-state index contributed by atoms with van der Waals surface area (Å²) in [5, 5.41) is -0.239. The summed E-state index contributed by atoms with van der Waals surface area (Å²) in [6.45, 7) is 4.24. The Morgan fingerprint density at radius 1 is 1.12 bits per heavy atom. The standard InChI is InChI=1S/C20H19NO3S/c1-13-5-4-6-16(9-13)12-21-19(22)18(25-20(21)23)11-15-8-7-14(2)17(10-15)24-3/h4-11H,12H2,1-3H3/b18-11+. The Balaban J connectivity index is 1.83. The molecular formula is C20H19NO3S. The molecular weight excluding hydrogens is 334 g/mol. The van der Waals surface area contributed by atoms with Crippen LogP contribution in [0.4, 0.5) is 4.79 Å². The van der Waals surface area contributed by atoms with Crippen LogP contribution in [0.2, 0.25) is 0 Å². The molecule has 3 rings (SSSR count). The number of amides is 2. The minimum atomic E-state index is -0.254. The maximum atomic E-state index is 12.6. The lowest BCUT2D eigenvalue weighted by Crippen LogP contribution is -2.27. The van der Waals surface area contributed by atoms with E-state index in [1.165, 1.54) is 4.90 Å². The van der Waals surface area contributed by atoms with Gasteiger partial charge in [-0.2, -0.15) is 0 Å². The number of thioether (sulfide) groups is 1. The third kappa shape index (κ3) is 3.77. The van der Waals surface area contributed by atoms with E-state index in [0.717, 1.165) is 39.8 Å². The number of nitrogens with zero attached hydrogens (tertiary/aromatic N) is 1. The van der Waals surface area contributed by atoms with Crippen LogP contribution in [0, 0.1) is 13.8 Å². The van der Waals surface area contributed by atoms with Crippen molar-refractivity contribution in [3.05, 3.63) is 69.6 Å². The molecule has 0 atom stereocenters. The SMILES string of the molecule is COc1cc(/C=C2/SC(=O)N(Cc3cccc(C)c3)C2=O)ccc1C. The number of rotatable bonds is 4. The molecule has 1 fully saturated rings. The lowest BCUT2D eigenvalue weighted by Gasteiger charge is -2.12. The van der Waals surface area contributed by atoms with Gasteiger partial charge >= 0.3 is 0 Å². The highest BCUT2D eigenvalue weighted by atomic mass is 32.2. The molecule has 2 aromatic carbocycles. The molecule has 0 spiro atoms. The highest BCUT2D eigenvalue weighted by Gasteiger charge is 2.34. The van der Waals surface area contributed by atoms with Gasteiger partial charge in [0.2, 0.25) is 0 Å². The molecule has 2 aromatic rings. The van der Waals surface area contributed by atoms with Crippen molar-refractivity contribution in [2.75, 3.05) is 7.11 Å². The number of hydrogen-bond acceptors (Lipinski definition) is 4. The van der Waals surface area contributed by atoms with Crippen LogP contribution in [0.5, 0.6) is 5.75 Å². The molecule has 0 saturated carbocycles. The van der Waals surface area contributed by atoms with Crippen LogP contribution in [-0.4, -0.2) is 23.2 Å². The van der Waals surface area contributed by atoms with E-state index in [0.29, 0.717) is 11.4 Å². The number of ether oxygens (including phenoxy) is 1. The van der Waals surface area contributed by atoms with Crippen molar-refractivity contribution < 1.29 is 14.3 Å². The summed E-state index contributed by atoms with van der Waals surface area (Å²) in [6, 6.07) is 13.5. The quantitative estimate of drug-likeness (QED) is 0.757. The van der Waals surface area contributed by atoms with Gasteiger partial charge in [0, 0.05) is 0 Å². The van der Waals surface area contributed by atoms with E-state index in [2.05, 4.69) is 0 Å². The van der Waals surface area contributed by atoms with Crippen molar-refractivity contribution in [2.45, 2.75) is 20.4 Å². The number of carbonyl (C=O) groups is 2. The van der Waals surface area contributed by atoms with Crippen LogP contribution >= 0.6 is 11.8 Å². The van der Waals surface area contributed by atoms with Crippen molar-refractivity contribution in [2.24, 2.45) is 0 Å². The fourth-order valence-electron chi connectivity index (χ4n) is 2.71. The van der Waals surface area contributed by atoms with Crippen molar-refractivity contribution in [1.29, 1.82) is 0 Å². The summed E-state index contributed by atoms with van der Waals surface area (Å²) in [5.74, 6) is 0.504. The number of carbonyl (C=O) groups excluding carboxylic acids is 2. The van der Waals surface area contributed by atoms with Gasteiger partial charge in [-0.1, -0.05) is 42.0 Å². The lowest BCUT2D eigenvalue weighted by atomic mass is 10.1. The largest absolute Gasteiger partial charge is 0.496 e. The summed E-state index contributed by atoms with van der Waals surface area (Å²) < 4.78 is 5.31. The molecule has 0 unspecified atom stereocenters. The molecule has 0 radical (unpaired) electrons. The fraction of sp³-hybridized carbons (Fsp3) is 0.200. The molecule has 1 aliphatic heterocycles. The van der Waals surface area contributed by atoms with E-state index >= 15 is 0 Å². The van der Waals surface area contributed by atoms with Gasteiger partial charge in [0.1, 0.15) is 5.75 Å². The molecule has 1 saturated heterocycles. The lowest BCUT2D eigenvalue weighted by molar-refractivity contribution is -0.123. The molecule has 4 nitrogen and oxygen atoms in total. The van der Waals surface area contributed by atoms with Crippen LogP contribution in [0.1, 0.15) is 22.3 Å². The highest BCUT2D eigenvalue weighted by molar-refractivity contribution is 8.18. The Kier molecular flexibility index (Phi) is 4.95. The van der Waals surface area contributed by atoms with Crippen molar-refractivity contribution in [3.63, 3.8) is 0 Å². The molecule has 0 N–H and O–H groups in total. The molecule has 1 aliphatic rings. The molecule has 0 bridgehead atoms. The summed E-state index contributed by atoms with van der Waals surface area (Å²) >= 11 is 0.975. The summed E-state index contributed by atoms with van der Waals surface area (Å²) in [4.78, 5) is 26.6. The minimum Gasteiger partial charge on any atom is -0.496 e. The van der Waals surface area contributed by atoms with Gasteiger partial charge in [0.15, 0.2) is 0 Å². The molecule has 0 aliphatic carbocycles. The maximum Gasteiger partial charge on any atom is 0.293 e. The highest BCUT2D eigenvalue weighted by Crippen LogP contribution is 2.34. The van der Waals surface area contributed by atoms with Gasteiger partial charge in [-0.15, -0.1) is 0 Å². The van der Waals surface area contributed by atoms with E-state index in [-0.39, 0.29) is 11.1 Å². The van der Waals surface area contributed by atoms with Crippen molar-refractivity contribution in [3.8, 4) is 5.75 Å². The monoisotopic (exact) mass is 353 g/mol. The van der Waals surface area contributed by atoms with Crippen LogP contribution < -0.4 is 4.74 Å². The van der Waals surface area contributed by atoms with Crippen molar-refractivity contribution >= 4 is 29.0 Å². The maximum absolute atomic E-state index is 12.6. The average Bonchev–Trinajstić information content (AvgIpc) is 2.84. The predicted octanol–water partition coefficient (Wildman–Crippen LogP) is 4.55. The zero-order valence-corrected chi connectivity index (χ0v) is 15.2. The number of benzene rings is 2. The molecule has 1 heterocycles. The van der Waals surface area contributed by atoms with Crippen LogP contribution in [0.3, 0.4) is 0 Å².